The maximum atomic E-state index is 11.9. The number of hydrazine groups is 1. The number of hydrogen-bond donors (Lipinski definition) is 2. The van der Waals surface area contributed by atoms with Crippen LogP contribution in [-0.4, -0.2) is 24.4 Å². The summed E-state index contributed by atoms with van der Waals surface area (Å²) in [5.74, 6) is -1.23. The molecule has 6 nitrogen and oxygen atoms in total. The second-order valence-corrected chi connectivity index (χ2v) is 6.55. The number of rotatable bonds is 9. The van der Waals surface area contributed by atoms with Crippen molar-refractivity contribution < 1.29 is 19.1 Å². The van der Waals surface area contributed by atoms with Gasteiger partial charge in [-0.15, -0.1) is 0 Å². The fourth-order valence-electron chi connectivity index (χ4n) is 2.47. The zero-order chi connectivity index (χ0) is 20.2. The molecule has 0 saturated heterocycles. The second-order valence-electron chi connectivity index (χ2n) is 6.15. The number of carbonyl (C=O) groups is 3. The minimum absolute atomic E-state index is 0.0991. The number of halogens is 1. The summed E-state index contributed by atoms with van der Waals surface area (Å²) >= 11 is 5.91. The number of amides is 2. The number of nitrogens with one attached hydrogen (secondary N) is 2. The zero-order valence-corrected chi connectivity index (χ0v) is 16.2. The summed E-state index contributed by atoms with van der Waals surface area (Å²) in [4.78, 5) is 35.4. The monoisotopic (exact) mass is 402 g/mol. The second kappa shape index (κ2) is 11.8. The van der Waals surface area contributed by atoms with Gasteiger partial charge in [0.15, 0.2) is 0 Å². The lowest BCUT2D eigenvalue weighted by molar-refractivity contribution is -0.143. The number of hydrogen-bond acceptors (Lipinski definition) is 4. The SMILES string of the molecule is O=C(CCCC(=O)OCCCc1ccccc1)NNC(=O)c1ccccc1Cl. The summed E-state index contributed by atoms with van der Waals surface area (Å²) in [7, 11) is 0. The van der Waals surface area contributed by atoms with Crippen molar-refractivity contribution in [1.29, 1.82) is 0 Å². The summed E-state index contributed by atoms with van der Waals surface area (Å²) in [5.41, 5.74) is 6.07. The predicted molar refractivity (Wildman–Crippen MR) is 107 cm³/mol. The van der Waals surface area contributed by atoms with E-state index in [4.69, 9.17) is 16.3 Å². The first-order chi connectivity index (χ1) is 13.6. The van der Waals surface area contributed by atoms with Crippen LogP contribution in [0.3, 0.4) is 0 Å². The van der Waals surface area contributed by atoms with Crippen LogP contribution in [0.25, 0.3) is 0 Å². The molecule has 0 aliphatic rings. The normalized spacial score (nSPS) is 10.2. The molecule has 28 heavy (non-hydrogen) atoms. The number of ether oxygens (including phenoxy) is 1. The Balaban J connectivity index is 1.54. The summed E-state index contributed by atoms with van der Waals surface area (Å²) in [5, 5.41) is 0.296. The molecule has 0 radical (unpaired) electrons. The zero-order valence-electron chi connectivity index (χ0n) is 15.4. The molecule has 2 aromatic rings. The van der Waals surface area contributed by atoms with E-state index in [-0.39, 0.29) is 24.4 Å². The molecule has 0 aromatic heterocycles. The molecule has 0 fully saturated rings. The van der Waals surface area contributed by atoms with Crippen LogP contribution < -0.4 is 10.9 Å². The molecule has 0 unspecified atom stereocenters. The Hall–Kier alpha value is -2.86. The van der Waals surface area contributed by atoms with Gasteiger partial charge >= 0.3 is 5.97 Å². The van der Waals surface area contributed by atoms with Crippen molar-refractivity contribution in [2.75, 3.05) is 6.61 Å². The van der Waals surface area contributed by atoms with Gasteiger partial charge in [0.2, 0.25) is 5.91 Å². The lowest BCUT2D eigenvalue weighted by Gasteiger charge is -2.08. The highest BCUT2D eigenvalue weighted by Crippen LogP contribution is 2.14. The number of esters is 1. The minimum Gasteiger partial charge on any atom is -0.466 e. The van der Waals surface area contributed by atoms with Crippen LogP contribution in [-0.2, 0) is 20.7 Å². The lowest BCUT2D eigenvalue weighted by atomic mass is 10.1. The maximum Gasteiger partial charge on any atom is 0.305 e. The van der Waals surface area contributed by atoms with Crippen molar-refractivity contribution in [3.05, 3.63) is 70.7 Å². The molecule has 148 valence electrons. The average molecular weight is 403 g/mol. The summed E-state index contributed by atoms with van der Waals surface area (Å²) < 4.78 is 5.16. The molecule has 2 amide bonds. The Morgan fingerprint density at radius 1 is 0.857 bits per heavy atom. The van der Waals surface area contributed by atoms with E-state index >= 15 is 0 Å². The molecule has 0 atom stereocenters. The summed E-state index contributed by atoms with van der Waals surface area (Å²) in [6, 6.07) is 16.5. The van der Waals surface area contributed by atoms with E-state index in [0.29, 0.717) is 18.1 Å². The van der Waals surface area contributed by atoms with E-state index in [1.165, 1.54) is 5.56 Å². The van der Waals surface area contributed by atoms with E-state index in [2.05, 4.69) is 10.9 Å². The van der Waals surface area contributed by atoms with Crippen molar-refractivity contribution in [2.45, 2.75) is 32.1 Å². The van der Waals surface area contributed by atoms with Gasteiger partial charge in [-0.3, -0.25) is 25.2 Å². The predicted octanol–water partition coefficient (Wildman–Crippen LogP) is 3.45. The first-order valence-corrected chi connectivity index (χ1v) is 9.47. The largest absolute Gasteiger partial charge is 0.466 e. The highest BCUT2D eigenvalue weighted by Gasteiger charge is 2.11. The van der Waals surface area contributed by atoms with Gasteiger partial charge < -0.3 is 4.74 Å². The molecule has 0 aliphatic carbocycles. The molecular formula is C21H23ClN2O4. The van der Waals surface area contributed by atoms with Gasteiger partial charge in [0.25, 0.3) is 5.91 Å². The van der Waals surface area contributed by atoms with Gasteiger partial charge in [-0.1, -0.05) is 54.1 Å². The Morgan fingerprint density at radius 2 is 1.57 bits per heavy atom. The number of benzene rings is 2. The van der Waals surface area contributed by atoms with Crippen LogP contribution in [0.4, 0.5) is 0 Å². The van der Waals surface area contributed by atoms with Crippen molar-refractivity contribution in [3.63, 3.8) is 0 Å². The average Bonchev–Trinajstić information content (AvgIpc) is 2.70. The Labute approximate surface area is 169 Å². The third kappa shape index (κ3) is 7.80. The van der Waals surface area contributed by atoms with Crippen molar-refractivity contribution in [2.24, 2.45) is 0 Å². The van der Waals surface area contributed by atoms with Gasteiger partial charge in [0.05, 0.1) is 17.2 Å². The van der Waals surface area contributed by atoms with E-state index in [9.17, 15) is 14.4 Å². The quantitative estimate of drug-likeness (QED) is 0.382. The number of aryl methyl sites for hydroxylation is 1. The van der Waals surface area contributed by atoms with Gasteiger partial charge in [0, 0.05) is 12.8 Å². The summed E-state index contributed by atoms with van der Waals surface area (Å²) in [6.45, 7) is 0.355. The van der Waals surface area contributed by atoms with Gasteiger partial charge in [-0.2, -0.15) is 0 Å². The molecule has 0 aliphatic heterocycles. The lowest BCUT2D eigenvalue weighted by Crippen LogP contribution is -2.41. The maximum absolute atomic E-state index is 11.9. The number of carbonyl (C=O) groups excluding carboxylic acids is 3. The Morgan fingerprint density at radius 3 is 2.32 bits per heavy atom. The molecule has 2 rings (SSSR count). The van der Waals surface area contributed by atoms with Crippen LogP contribution in [0.5, 0.6) is 0 Å². The van der Waals surface area contributed by atoms with Gasteiger partial charge in [0.1, 0.15) is 0 Å². The van der Waals surface area contributed by atoms with Crippen molar-refractivity contribution in [3.8, 4) is 0 Å². The van der Waals surface area contributed by atoms with Crippen LogP contribution in [0.2, 0.25) is 5.02 Å². The van der Waals surface area contributed by atoms with E-state index in [1.54, 1.807) is 24.3 Å². The van der Waals surface area contributed by atoms with Crippen molar-refractivity contribution in [1.82, 2.24) is 10.9 Å². The van der Waals surface area contributed by atoms with Crippen LogP contribution in [0, 0.1) is 0 Å². The first-order valence-electron chi connectivity index (χ1n) is 9.09. The molecule has 0 saturated carbocycles. The molecular weight excluding hydrogens is 380 g/mol. The highest BCUT2D eigenvalue weighted by molar-refractivity contribution is 6.33. The molecule has 7 heteroatoms. The van der Waals surface area contributed by atoms with E-state index in [1.807, 2.05) is 30.3 Å². The van der Waals surface area contributed by atoms with Crippen LogP contribution in [0.1, 0.15) is 41.6 Å². The van der Waals surface area contributed by atoms with Gasteiger partial charge in [-0.25, -0.2) is 0 Å². The third-order valence-corrected chi connectivity index (χ3v) is 4.26. The molecule has 0 heterocycles. The first kappa shape index (κ1) is 21.4. The summed E-state index contributed by atoms with van der Waals surface area (Å²) in [6.07, 6.45) is 2.19. The van der Waals surface area contributed by atoms with E-state index in [0.717, 1.165) is 12.8 Å². The standard InChI is InChI=1S/C21H23ClN2O4/c22-18-12-5-4-11-17(18)21(27)24-23-19(25)13-6-14-20(26)28-15-7-10-16-8-2-1-3-9-16/h1-5,8-9,11-12H,6-7,10,13-15H2,(H,23,25)(H,24,27). The molecule has 2 aromatic carbocycles. The van der Waals surface area contributed by atoms with E-state index < -0.39 is 11.8 Å². The molecule has 0 spiro atoms. The van der Waals surface area contributed by atoms with Crippen molar-refractivity contribution >= 4 is 29.4 Å². The topological polar surface area (TPSA) is 84.5 Å². The molecule has 0 bridgehead atoms. The smallest absolute Gasteiger partial charge is 0.305 e. The van der Waals surface area contributed by atoms with Gasteiger partial charge in [-0.05, 0) is 37.0 Å². The third-order valence-electron chi connectivity index (χ3n) is 3.93. The van der Waals surface area contributed by atoms with Crippen LogP contribution >= 0.6 is 11.6 Å². The highest BCUT2D eigenvalue weighted by atomic mass is 35.5. The Kier molecular flexibility index (Phi) is 9.01. The molecule has 2 N–H and O–H groups in total. The Bertz CT molecular complexity index is 796. The fraction of sp³-hybridized carbons (Fsp3) is 0.286. The minimum atomic E-state index is -0.503. The van der Waals surface area contributed by atoms with Crippen LogP contribution in [0.15, 0.2) is 54.6 Å². The fourth-order valence-corrected chi connectivity index (χ4v) is 2.70.